The largest absolute Gasteiger partial charge is 0.453 e. The van der Waals surface area contributed by atoms with Crippen LogP contribution in [0.1, 0.15) is 50.3 Å². The summed E-state index contributed by atoms with van der Waals surface area (Å²) in [6.45, 7) is 7.05. The maximum atomic E-state index is 12.9. The fourth-order valence-electron chi connectivity index (χ4n) is 4.20. The molecule has 5 nitrogen and oxygen atoms in total. The number of hydrogen-bond donors (Lipinski definition) is 1. The molecule has 170 valence electrons. The van der Waals surface area contributed by atoms with Crippen LogP contribution in [-0.4, -0.2) is 24.2 Å². The van der Waals surface area contributed by atoms with E-state index >= 15 is 0 Å². The topological polar surface area (TPSA) is 64.6 Å². The van der Waals surface area contributed by atoms with Crippen molar-refractivity contribution < 1.29 is 19.1 Å². The summed E-state index contributed by atoms with van der Waals surface area (Å²) in [6.07, 6.45) is -0.656. The van der Waals surface area contributed by atoms with E-state index in [2.05, 4.69) is 29.6 Å². The molecule has 0 saturated heterocycles. The second kappa shape index (κ2) is 8.74. The number of amides is 1. The van der Waals surface area contributed by atoms with Crippen LogP contribution in [0.2, 0.25) is 0 Å². The number of nitrogens with one attached hydrogen (secondary N) is 1. The Morgan fingerprint density at radius 2 is 1.30 bits per heavy atom. The Bertz CT molecular complexity index is 1120. The lowest BCUT2D eigenvalue weighted by Gasteiger charge is -2.31. The molecule has 33 heavy (non-hydrogen) atoms. The van der Waals surface area contributed by atoms with E-state index in [-0.39, 0.29) is 12.5 Å². The molecule has 0 heterocycles. The summed E-state index contributed by atoms with van der Waals surface area (Å²) in [5, 5.41) is 2.67. The average molecular weight is 444 g/mol. The molecule has 0 unspecified atom stereocenters. The summed E-state index contributed by atoms with van der Waals surface area (Å²) in [7, 11) is 0. The molecule has 0 spiro atoms. The molecule has 3 aromatic rings. The van der Waals surface area contributed by atoms with Crippen molar-refractivity contribution in [2.45, 2.75) is 44.8 Å². The molecule has 1 aliphatic carbocycles. The van der Waals surface area contributed by atoms with Gasteiger partial charge in [0.1, 0.15) is 17.7 Å². The van der Waals surface area contributed by atoms with Gasteiger partial charge in [-0.2, -0.15) is 0 Å². The monoisotopic (exact) mass is 443 g/mol. The fourth-order valence-corrected chi connectivity index (χ4v) is 4.20. The van der Waals surface area contributed by atoms with Gasteiger partial charge < -0.3 is 14.8 Å². The van der Waals surface area contributed by atoms with Gasteiger partial charge in [-0.3, -0.25) is 0 Å². The predicted molar refractivity (Wildman–Crippen MR) is 128 cm³/mol. The first-order valence-electron chi connectivity index (χ1n) is 11.1. The molecule has 0 saturated carbocycles. The molecule has 5 heteroatoms. The maximum absolute atomic E-state index is 12.9. The Balaban J connectivity index is 1.40. The fraction of sp³-hybridized carbons (Fsp3) is 0.286. The Morgan fingerprint density at radius 3 is 1.88 bits per heavy atom. The van der Waals surface area contributed by atoms with Gasteiger partial charge in [-0.25, -0.2) is 9.59 Å². The highest BCUT2D eigenvalue weighted by Gasteiger charge is 2.37. The van der Waals surface area contributed by atoms with Gasteiger partial charge in [0, 0.05) is 5.92 Å². The van der Waals surface area contributed by atoms with Crippen LogP contribution in [0.15, 0.2) is 78.9 Å². The van der Waals surface area contributed by atoms with Crippen LogP contribution < -0.4 is 5.32 Å². The van der Waals surface area contributed by atoms with E-state index in [1.54, 1.807) is 13.8 Å². The number of ether oxygens (including phenoxy) is 2. The Labute approximate surface area is 194 Å². The van der Waals surface area contributed by atoms with Crippen LogP contribution in [0.5, 0.6) is 0 Å². The Morgan fingerprint density at radius 1 is 0.788 bits per heavy atom. The zero-order valence-corrected chi connectivity index (χ0v) is 19.4. The molecule has 0 fully saturated rings. The van der Waals surface area contributed by atoms with Gasteiger partial charge in [0.25, 0.3) is 0 Å². The molecule has 3 aromatic carbocycles. The molecule has 0 bridgehead atoms. The summed E-state index contributed by atoms with van der Waals surface area (Å²) in [6, 6.07) is 25.8. The number of alkyl carbamates (subject to hydrolysis) is 1. The summed E-state index contributed by atoms with van der Waals surface area (Å²) in [5.74, 6) is -0.583. The number of fused-ring (bicyclic) bond motifs is 3. The van der Waals surface area contributed by atoms with Crippen LogP contribution in [0, 0.1) is 0 Å². The number of benzene rings is 3. The standard InChI is InChI=1S/C28H29NO4/c1-27(2,25(30)33-28(3,4)19-12-6-5-7-13-19)29-26(31)32-18-24-22-16-10-8-14-20(22)21-15-9-11-17-23(21)24/h5-17,24H,18H2,1-4H3,(H,29,31). The van der Waals surface area contributed by atoms with Crippen molar-refractivity contribution in [2.75, 3.05) is 6.61 Å². The highest BCUT2D eigenvalue weighted by Crippen LogP contribution is 2.44. The van der Waals surface area contributed by atoms with E-state index in [0.717, 1.165) is 27.8 Å². The first kappa shape index (κ1) is 22.6. The number of carbonyl (C=O) groups is 2. The molecule has 0 atom stereocenters. The minimum Gasteiger partial charge on any atom is -0.453 e. The van der Waals surface area contributed by atoms with Crippen molar-refractivity contribution in [3.8, 4) is 11.1 Å². The van der Waals surface area contributed by atoms with Gasteiger partial charge in [0.2, 0.25) is 0 Å². The predicted octanol–water partition coefficient (Wildman–Crippen LogP) is 5.78. The smallest absolute Gasteiger partial charge is 0.408 e. The Hall–Kier alpha value is -3.60. The van der Waals surface area contributed by atoms with Crippen molar-refractivity contribution in [3.05, 3.63) is 95.6 Å². The van der Waals surface area contributed by atoms with Crippen LogP contribution in [0.25, 0.3) is 11.1 Å². The van der Waals surface area contributed by atoms with Crippen molar-refractivity contribution in [3.63, 3.8) is 0 Å². The second-order valence-corrected chi connectivity index (χ2v) is 9.34. The molecular formula is C28H29NO4. The normalized spacial score (nSPS) is 13.1. The molecule has 0 radical (unpaired) electrons. The average Bonchev–Trinajstić information content (AvgIpc) is 3.11. The zero-order chi connectivity index (χ0) is 23.6. The van der Waals surface area contributed by atoms with E-state index in [0.29, 0.717) is 0 Å². The van der Waals surface area contributed by atoms with Crippen LogP contribution in [0.4, 0.5) is 4.79 Å². The lowest BCUT2D eigenvalue weighted by molar-refractivity contribution is -0.164. The molecule has 1 N–H and O–H groups in total. The van der Waals surface area contributed by atoms with E-state index in [4.69, 9.17) is 9.47 Å². The SMILES string of the molecule is CC(C)(NC(=O)OCC1c2ccccc2-c2ccccc21)C(=O)OC(C)(C)c1ccccc1. The summed E-state index contributed by atoms with van der Waals surface area (Å²) in [4.78, 5) is 25.5. The zero-order valence-electron chi connectivity index (χ0n) is 19.4. The molecule has 1 aliphatic rings. The van der Waals surface area contributed by atoms with Crippen LogP contribution >= 0.6 is 0 Å². The van der Waals surface area contributed by atoms with Crippen LogP contribution in [-0.2, 0) is 19.9 Å². The van der Waals surface area contributed by atoms with E-state index in [1.165, 1.54) is 0 Å². The van der Waals surface area contributed by atoms with Gasteiger partial charge in [-0.05, 0) is 55.5 Å². The molecular weight excluding hydrogens is 414 g/mol. The third-order valence-electron chi connectivity index (χ3n) is 6.09. The van der Waals surface area contributed by atoms with Crippen molar-refractivity contribution in [1.82, 2.24) is 5.32 Å². The summed E-state index contributed by atoms with van der Waals surface area (Å²) >= 11 is 0. The molecule has 1 amide bonds. The van der Waals surface area contributed by atoms with E-state index in [9.17, 15) is 9.59 Å². The van der Waals surface area contributed by atoms with Crippen LogP contribution in [0.3, 0.4) is 0 Å². The van der Waals surface area contributed by atoms with Crippen molar-refractivity contribution in [1.29, 1.82) is 0 Å². The first-order valence-corrected chi connectivity index (χ1v) is 11.1. The minimum absolute atomic E-state index is 0.0461. The van der Waals surface area contributed by atoms with E-state index < -0.39 is 23.2 Å². The number of carbonyl (C=O) groups excluding carboxylic acids is 2. The highest BCUT2D eigenvalue weighted by molar-refractivity contribution is 5.85. The first-order chi connectivity index (χ1) is 15.7. The van der Waals surface area contributed by atoms with Crippen molar-refractivity contribution >= 4 is 12.1 Å². The molecule has 4 rings (SSSR count). The second-order valence-electron chi connectivity index (χ2n) is 9.34. The lowest BCUT2D eigenvalue weighted by atomic mass is 9.97. The van der Waals surface area contributed by atoms with Gasteiger partial charge in [0.15, 0.2) is 0 Å². The molecule has 0 aromatic heterocycles. The number of rotatable bonds is 6. The third kappa shape index (κ3) is 4.63. The molecule has 0 aliphatic heterocycles. The highest BCUT2D eigenvalue weighted by atomic mass is 16.6. The third-order valence-corrected chi connectivity index (χ3v) is 6.09. The minimum atomic E-state index is -1.26. The maximum Gasteiger partial charge on any atom is 0.408 e. The van der Waals surface area contributed by atoms with Gasteiger partial charge in [0.05, 0.1) is 0 Å². The van der Waals surface area contributed by atoms with Gasteiger partial charge in [-0.1, -0.05) is 78.9 Å². The summed E-state index contributed by atoms with van der Waals surface area (Å²) < 4.78 is 11.3. The van der Waals surface area contributed by atoms with Gasteiger partial charge >= 0.3 is 12.1 Å². The quantitative estimate of drug-likeness (QED) is 0.490. The number of hydrogen-bond acceptors (Lipinski definition) is 4. The lowest BCUT2D eigenvalue weighted by Crippen LogP contribution is -2.52. The van der Waals surface area contributed by atoms with E-state index in [1.807, 2.05) is 68.4 Å². The Kier molecular flexibility index (Phi) is 5.98. The van der Waals surface area contributed by atoms with Gasteiger partial charge in [-0.15, -0.1) is 0 Å². The number of esters is 1. The summed E-state index contributed by atoms with van der Waals surface area (Å²) in [5.41, 5.74) is 3.37. The van der Waals surface area contributed by atoms with Crippen molar-refractivity contribution in [2.24, 2.45) is 0 Å².